The fourth-order valence-electron chi connectivity index (χ4n) is 4.14. The molecule has 0 radical (unpaired) electrons. The molecule has 1 aliphatic carbocycles. The molecular weight excluding hydrogens is 396 g/mol. The van der Waals surface area contributed by atoms with Crippen molar-refractivity contribution in [2.45, 2.75) is 31.8 Å². The van der Waals surface area contributed by atoms with Crippen molar-refractivity contribution in [1.29, 1.82) is 0 Å². The topological polar surface area (TPSA) is 58.1 Å². The van der Waals surface area contributed by atoms with Crippen LogP contribution in [0.2, 0.25) is 0 Å². The first-order valence-electron chi connectivity index (χ1n) is 10.8. The number of thiocarbonyl (C=S) groups is 1. The van der Waals surface area contributed by atoms with E-state index in [9.17, 15) is 0 Å². The molecule has 0 saturated carbocycles. The number of benzene rings is 1. The lowest BCUT2D eigenvalue weighted by atomic mass is 10.1. The van der Waals surface area contributed by atoms with Gasteiger partial charge >= 0.3 is 0 Å². The molecule has 30 heavy (non-hydrogen) atoms. The molecule has 4 rings (SSSR count). The van der Waals surface area contributed by atoms with E-state index in [1.165, 1.54) is 22.4 Å². The van der Waals surface area contributed by atoms with Crippen LogP contribution in [0.15, 0.2) is 52.3 Å². The standard InChI is InChI=1S/C23H30N4O2S/c30-23(24-17-21-7-4-12-29-21)26-25-16-20-9-8-19(15-18-5-2-1-3-6-18)22(20)27-10-13-28-14-11-27/h1-3,5-6,15-16,21H,4,7-14,17H2,(H2,24,26,30)/b19-15?,25-16-/t21-/m0/s1. The summed E-state index contributed by atoms with van der Waals surface area (Å²) in [5.74, 6) is 0. The normalized spacial score (nSPS) is 23.5. The van der Waals surface area contributed by atoms with Gasteiger partial charge in [-0.1, -0.05) is 30.3 Å². The van der Waals surface area contributed by atoms with Crippen molar-refractivity contribution < 1.29 is 9.47 Å². The van der Waals surface area contributed by atoms with Crippen LogP contribution in [0.3, 0.4) is 0 Å². The Bertz CT molecular complexity index is 810. The molecule has 0 bridgehead atoms. The van der Waals surface area contributed by atoms with Crippen LogP contribution in [-0.2, 0) is 9.47 Å². The van der Waals surface area contributed by atoms with E-state index in [1.54, 1.807) is 0 Å². The van der Waals surface area contributed by atoms with Gasteiger partial charge < -0.3 is 19.7 Å². The first kappa shape index (κ1) is 21.0. The highest BCUT2D eigenvalue weighted by Crippen LogP contribution is 2.34. The Kier molecular flexibility index (Phi) is 7.50. The van der Waals surface area contributed by atoms with Crippen molar-refractivity contribution in [2.24, 2.45) is 5.10 Å². The minimum absolute atomic E-state index is 0.255. The second-order valence-electron chi connectivity index (χ2n) is 7.77. The number of nitrogens with one attached hydrogen (secondary N) is 2. The summed E-state index contributed by atoms with van der Waals surface area (Å²) in [6.45, 7) is 4.93. The molecule has 0 aromatic heterocycles. The Balaban J connectivity index is 1.43. The predicted octanol–water partition coefficient (Wildman–Crippen LogP) is 3.08. The van der Waals surface area contributed by atoms with E-state index in [2.05, 4.69) is 57.2 Å². The molecule has 1 aromatic carbocycles. The van der Waals surface area contributed by atoms with Crippen LogP contribution in [0, 0.1) is 0 Å². The zero-order valence-electron chi connectivity index (χ0n) is 17.3. The summed E-state index contributed by atoms with van der Waals surface area (Å²) in [6, 6.07) is 10.5. The number of allylic oxidation sites excluding steroid dienone is 2. The summed E-state index contributed by atoms with van der Waals surface area (Å²) in [4.78, 5) is 2.43. The maximum atomic E-state index is 5.61. The Hall–Kier alpha value is -2.22. The second kappa shape index (κ2) is 10.7. The van der Waals surface area contributed by atoms with Gasteiger partial charge in [-0.3, -0.25) is 5.43 Å². The summed E-state index contributed by atoms with van der Waals surface area (Å²) >= 11 is 5.35. The Morgan fingerprint density at radius 3 is 2.77 bits per heavy atom. The monoisotopic (exact) mass is 426 g/mol. The number of hydrazone groups is 1. The summed E-state index contributed by atoms with van der Waals surface area (Å²) in [5, 5.41) is 8.15. The minimum atomic E-state index is 0.255. The van der Waals surface area contributed by atoms with E-state index in [0.29, 0.717) is 5.11 Å². The second-order valence-corrected chi connectivity index (χ2v) is 8.18. The number of hydrogen-bond donors (Lipinski definition) is 2. The fourth-order valence-corrected chi connectivity index (χ4v) is 4.28. The van der Waals surface area contributed by atoms with Gasteiger partial charge in [-0.05, 0) is 60.7 Å². The maximum absolute atomic E-state index is 5.61. The molecule has 2 N–H and O–H groups in total. The van der Waals surface area contributed by atoms with Crippen molar-refractivity contribution in [2.75, 3.05) is 39.5 Å². The van der Waals surface area contributed by atoms with Crippen LogP contribution in [0.4, 0.5) is 0 Å². The third kappa shape index (κ3) is 5.68. The van der Waals surface area contributed by atoms with Crippen molar-refractivity contribution in [3.63, 3.8) is 0 Å². The predicted molar refractivity (Wildman–Crippen MR) is 124 cm³/mol. The Labute approximate surface area is 184 Å². The third-order valence-electron chi connectivity index (χ3n) is 5.64. The van der Waals surface area contributed by atoms with E-state index in [4.69, 9.17) is 21.7 Å². The molecule has 0 unspecified atom stereocenters. The lowest BCUT2D eigenvalue weighted by Crippen LogP contribution is -2.37. The lowest BCUT2D eigenvalue weighted by Gasteiger charge is -2.31. The average molecular weight is 427 g/mol. The molecule has 0 spiro atoms. The highest BCUT2D eigenvalue weighted by atomic mass is 32.1. The van der Waals surface area contributed by atoms with E-state index in [-0.39, 0.29) is 6.10 Å². The summed E-state index contributed by atoms with van der Waals surface area (Å²) in [6.07, 6.45) is 8.69. The van der Waals surface area contributed by atoms with Gasteiger partial charge in [0.1, 0.15) is 0 Å². The molecule has 2 saturated heterocycles. The van der Waals surface area contributed by atoms with Gasteiger partial charge in [0, 0.05) is 31.9 Å². The van der Waals surface area contributed by atoms with Crippen molar-refractivity contribution >= 4 is 29.6 Å². The average Bonchev–Trinajstić information content (AvgIpc) is 3.44. The molecule has 2 heterocycles. The third-order valence-corrected chi connectivity index (χ3v) is 5.88. The van der Waals surface area contributed by atoms with E-state index >= 15 is 0 Å². The number of hydrogen-bond acceptors (Lipinski definition) is 5. The van der Waals surface area contributed by atoms with Gasteiger partial charge in [-0.15, -0.1) is 0 Å². The summed E-state index contributed by atoms with van der Waals surface area (Å²) in [5.41, 5.74) is 8.10. The molecular formula is C23H30N4O2S. The SMILES string of the molecule is S=C(NC[C@@H]1CCCO1)N/N=C\C1=C(N2CCOCC2)C(=Cc2ccccc2)CC1. The minimum Gasteiger partial charge on any atom is -0.378 e. The first-order valence-corrected chi connectivity index (χ1v) is 11.2. The van der Waals surface area contributed by atoms with Gasteiger partial charge in [-0.2, -0.15) is 5.10 Å². The van der Waals surface area contributed by atoms with Gasteiger partial charge in [0.05, 0.1) is 25.5 Å². The van der Waals surface area contributed by atoms with E-state index < -0.39 is 0 Å². The van der Waals surface area contributed by atoms with Crippen LogP contribution in [-0.4, -0.2) is 61.8 Å². The van der Waals surface area contributed by atoms with Crippen molar-refractivity contribution in [3.05, 3.63) is 52.7 Å². The van der Waals surface area contributed by atoms with Gasteiger partial charge in [0.15, 0.2) is 5.11 Å². The Morgan fingerprint density at radius 1 is 1.17 bits per heavy atom. The van der Waals surface area contributed by atoms with Gasteiger partial charge in [-0.25, -0.2) is 0 Å². The smallest absolute Gasteiger partial charge is 0.187 e. The molecule has 7 heteroatoms. The molecule has 160 valence electrons. The Morgan fingerprint density at radius 2 is 2.00 bits per heavy atom. The molecule has 3 aliphatic rings. The zero-order valence-corrected chi connectivity index (χ0v) is 18.1. The zero-order chi connectivity index (χ0) is 20.6. The number of ether oxygens (including phenoxy) is 2. The summed E-state index contributed by atoms with van der Waals surface area (Å²) in [7, 11) is 0. The number of nitrogens with zero attached hydrogens (tertiary/aromatic N) is 2. The maximum Gasteiger partial charge on any atom is 0.187 e. The molecule has 2 aliphatic heterocycles. The quantitative estimate of drug-likeness (QED) is 0.414. The van der Waals surface area contributed by atoms with Crippen molar-refractivity contribution in [3.8, 4) is 0 Å². The van der Waals surface area contributed by atoms with Crippen LogP contribution in [0.1, 0.15) is 31.2 Å². The molecule has 2 fully saturated rings. The highest BCUT2D eigenvalue weighted by Gasteiger charge is 2.25. The van der Waals surface area contributed by atoms with Crippen LogP contribution >= 0.6 is 12.2 Å². The molecule has 6 nitrogen and oxygen atoms in total. The van der Waals surface area contributed by atoms with E-state index in [1.807, 2.05) is 6.21 Å². The lowest BCUT2D eigenvalue weighted by molar-refractivity contribution is 0.0548. The van der Waals surface area contributed by atoms with Gasteiger partial charge in [0.2, 0.25) is 0 Å². The number of rotatable bonds is 6. The highest BCUT2D eigenvalue weighted by molar-refractivity contribution is 7.80. The molecule has 1 aromatic rings. The first-order chi connectivity index (χ1) is 14.8. The molecule has 1 atom stereocenters. The van der Waals surface area contributed by atoms with E-state index in [0.717, 1.165) is 65.1 Å². The number of morpholine rings is 1. The van der Waals surface area contributed by atoms with Crippen LogP contribution in [0.5, 0.6) is 0 Å². The van der Waals surface area contributed by atoms with Gasteiger partial charge in [0.25, 0.3) is 0 Å². The summed E-state index contributed by atoms with van der Waals surface area (Å²) < 4.78 is 11.2. The fraction of sp³-hybridized carbons (Fsp3) is 0.478. The van der Waals surface area contributed by atoms with Crippen molar-refractivity contribution in [1.82, 2.24) is 15.6 Å². The largest absolute Gasteiger partial charge is 0.378 e. The van der Waals surface area contributed by atoms with Crippen LogP contribution < -0.4 is 10.7 Å². The van der Waals surface area contributed by atoms with Crippen LogP contribution in [0.25, 0.3) is 6.08 Å². The molecule has 0 amide bonds.